The number of nitrogens with one attached hydrogen (secondary N) is 1. The highest BCUT2D eigenvalue weighted by Gasteiger charge is 2.15. The Labute approximate surface area is 121 Å². The Morgan fingerprint density at radius 1 is 1.45 bits per heavy atom. The van der Waals surface area contributed by atoms with Crippen molar-refractivity contribution in [3.8, 4) is 0 Å². The smallest absolute Gasteiger partial charge is 0.238 e. The molecule has 0 amide bonds. The molecule has 1 atom stereocenters. The van der Waals surface area contributed by atoms with Gasteiger partial charge in [-0.25, -0.2) is 18.5 Å². The van der Waals surface area contributed by atoms with Crippen molar-refractivity contribution in [3.05, 3.63) is 34.8 Å². The van der Waals surface area contributed by atoms with Gasteiger partial charge in [0.2, 0.25) is 10.0 Å². The van der Waals surface area contributed by atoms with Crippen LogP contribution in [0.1, 0.15) is 24.4 Å². The number of nitrogens with zero attached hydrogens (tertiary/aromatic N) is 1. The van der Waals surface area contributed by atoms with Gasteiger partial charge in [0.15, 0.2) is 0 Å². The lowest BCUT2D eigenvalue weighted by atomic mass is 10.2. The first-order chi connectivity index (χ1) is 9.41. The predicted octanol–water partition coefficient (Wildman–Crippen LogP) is 1.94. The fraction of sp³-hybridized carbons (Fsp3) is 0.250. The lowest BCUT2D eigenvalue weighted by Gasteiger charge is -2.18. The third-order valence-electron chi connectivity index (χ3n) is 2.84. The molecule has 6 nitrogen and oxygen atoms in total. The van der Waals surface area contributed by atoms with Crippen LogP contribution in [0.2, 0.25) is 0 Å². The molecule has 0 spiro atoms. The standard InChI is InChI=1S/C12H16N4O2S2/c1-2-10(12-15-5-6-19-12)16-11-7-8(20(14,17)18)3-4-9(11)13/h3-7,10,16H,2,13H2,1H3,(H2,14,17,18). The minimum absolute atomic E-state index is 0.0203. The van der Waals surface area contributed by atoms with Gasteiger partial charge in [-0.2, -0.15) is 0 Å². The van der Waals surface area contributed by atoms with Crippen LogP contribution in [0.25, 0.3) is 0 Å². The summed E-state index contributed by atoms with van der Waals surface area (Å²) in [6.07, 6.45) is 2.53. The van der Waals surface area contributed by atoms with Crippen LogP contribution in [-0.4, -0.2) is 13.4 Å². The molecular weight excluding hydrogens is 296 g/mol. The molecule has 1 unspecified atom stereocenters. The number of nitrogen functional groups attached to an aromatic ring is 1. The fourth-order valence-corrected chi connectivity index (χ4v) is 3.08. The maximum absolute atomic E-state index is 11.4. The first kappa shape index (κ1) is 14.8. The summed E-state index contributed by atoms with van der Waals surface area (Å²) in [5.74, 6) is 0. The number of sulfonamides is 1. The summed E-state index contributed by atoms with van der Waals surface area (Å²) in [6.45, 7) is 2.01. The van der Waals surface area contributed by atoms with Crippen molar-refractivity contribution in [2.24, 2.45) is 5.14 Å². The Hall–Kier alpha value is -1.64. The molecule has 0 saturated heterocycles. The molecule has 108 valence electrons. The molecule has 2 rings (SSSR count). The zero-order valence-electron chi connectivity index (χ0n) is 10.9. The van der Waals surface area contributed by atoms with Crippen LogP contribution in [0.5, 0.6) is 0 Å². The van der Waals surface area contributed by atoms with Crippen molar-refractivity contribution < 1.29 is 8.42 Å². The van der Waals surface area contributed by atoms with E-state index in [0.29, 0.717) is 11.4 Å². The molecule has 1 aromatic heterocycles. The molecule has 2 aromatic rings. The summed E-state index contributed by atoms with van der Waals surface area (Å²) in [5.41, 5.74) is 6.88. The van der Waals surface area contributed by atoms with E-state index in [-0.39, 0.29) is 10.9 Å². The highest BCUT2D eigenvalue weighted by molar-refractivity contribution is 7.89. The summed E-state index contributed by atoms with van der Waals surface area (Å²) in [4.78, 5) is 4.29. The number of hydrogen-bond acceptors (Lipinski definition) is 6. The lowest BCUT2D eigenvalue weighted by molar-refractivity contribution is 0.598. The van der Waals surface area contributed by atoms with Crippen molar-refractivity contribution in [3.63, 3.8) is 0 Å². The van der Waals surface area contributed by atoms with Crippen LogP contribution in [0, 0.1) is 0 Å². The van der Waals surface area contributed by atoms with Crippen molar-refractivity contribution >= 4 is 32.7 Å². The minimum atomic E-state index is -3.75. The van der Waals surface area contributed by atoms with Gasteiger partial charge in [-0.15, -0.1) is 11.3 Å². The van der Waals surface area contributed by atoms with E-state index in [4.69, 9.17) is 10.9 Å². The van der Waals surface area contributed by atoms with Gasteiger partial charge in [-0.3, -0.25) is 0 Å². The van der Waals surface area contributed by atoms with Gasteiger partial charge >= 0.3 is 0 Å². The van der Waals surface area contributed by atoms with E-state index in [1.165, 1.54) is 29.5 Å². The molecule has 20 heavy (non-hydrogen) atoms. The highest BCUT2D eigenvalue weighted by atomic mass is 32.2. The maximum atomic E-state index is 11.4. The van der Waals surface area contributed by atoms with Gasteiger partial charge in [0.1, 0.15) is 5.01 Å². The number of rotatable bonds is 5. The van der Waals surface area contributed by atoms with Crippen molar-refractivity contribution in [2.45, 2.75) is 24.3 Å². The summed E-state index contributed by atoms with van der Waals surface area (Å²) in [5, 5.41) is 11.2. The predicted molar refractivity (Wildman–Crippen MR) is 81.0 cm³/mol. The average molecular weight is 312 g/mol. The Morgan fingerprint density at radius 2 is 2.20 bits per heavy atom. The van der Waals surface area contributed by atoms with Crippen molar-refractivity contribution in [1.29, 1.82) is 0 Å². The molecule has 0 aliphatic carbocycles. The normalized spacial score (nSPS) is 13.1. The minimum Gasteiger partial charge on any atom is -0.397 e. The van der Waals surface area contributed by atoms with Gasteiger partial charge in [0.05, 0.1) is 22.3 Å². The van der Waals surface area contributed by atoms with Crippen molar-refractivity contribution in [2.75, 3.05) is 11.1 Å². The maximum Gasteiger partial charge on any atom is 0.238 e. The van der Waals surface area contributed by atoms with E-state index in [9.17, 15) is 8.42 Å². The number of aromatic nitrogens is 1. The molecule has 1 aromatic carbocycles. The molecule has 0 saturated carbocycles. The third kappa shape index (κ3) is 3.27. The topological polar surface area (TPSA) is 111 Å². The van der Waals surface area contributed by atoms with Gasteiger partial charge in [0.25, 0.3) is 0 Å². The Kier molecular flexibility index (Phi) is 4.26. The van der Waals surface area contributed by atoms with Gasteiger partial charge in [0, 0.05) is 11.6 Å². The summed E-state index contributed by atoms with van der Waals surface area (Å²) < 4.78 is 22.8. The van der Waals surface area contributed by atoms with E-state index in [1.54, 1.807) is 6.20 Å². The average Bonchev–Trinajstić information content (AvgIpc) is 2.90. The van der Waals surface area contributed by atoms with E-state index in [2.05, 4.69) is 10.3 Å². The molecule has 5 N–H and O–H groups in total. The molecule has 0 radical (unpaired) electrons. The van der Waals surface area contributed by atoms with Crippen LogP contribution in [0.3, 0.4) is 0 Å². The number of primary sulfonamides is 1. The quantitative estimate of drug-likeness (QED) is 0.731. The molecule has 0 bridgehead atoms. The van der Waals surface area contributed by atoms with Crippen LogP contribution in [-0.2, 0) is 10.0 Å². The molecule has 1 heterocycles. The van der Waals surface area contributed by atoms with Crippen LogP contribution in [0.15, 0.2) is 34.7 Å². The second kappa shape index (κ2) is 5.78. The summed E-state index contributed by atoms with van der Waals surface area (Å²) in [7, 11) is -3.75. The Bertz CT molecular complexity index is 683. The number of benzene rings is 1. The van der Waals surface area contributed by atoms with Crippen molar-refractivity contribution in [1.82, 2.24) is 4.98 Å². The van der Waals surface area contributed by atoms with Gasteiger partial charge in [-0.1, -0.05) is 6.92 Å². The van der Waals surface area contributed by atoms with Crippen LogP contribution < -0.4 is 16.2 Å². The number of thiazole rings is 1. The largest absolute Gasteiger partial charge is 0.397 e. The number of anilines is 2. The van der Waals surface area contributed by atoms with Crippen LogP contribution >= 0.6 is 11.3 Å². The first-order valence-corrected chi connectivity index (χ1v) is 8.42. The first-order valence-electron chi connectivity index (χ1n) is 6.00. The van der Waals surface area contributed by atoms with Gasteiger partial charge < -0.3 is 11.1 Å². The van der Waals surface area contributed by atoms with E-state index >= 15 is 0 Å². The third-order valence-corrected chi connectivity index (χ3v) is 4.64. The molecule has 0 fully saturated rings. The summed E-state index contributed by atoms with van der Waals surface area (Å²) >= 11 is 1.53. The monoisotopic (exact) mass is 312 g/mol. The fourth-order valence-electron chi connectivity index (χ4n) is 1.77. The Morgan fingerprint density at radius 3 is 2.75 bits per heavy atom. The lowest BCUT2D eigenvalue weighted by Crippen LogP contribution is -2.14. The second-order valence-electron chi connectivity index (χ2n) is 4.27. The molecule has 0 aliphatic rings. The highest BCUT2D eigenvalue weighted by Crippen LogP contribution is 2.29. The van der Waals surface area contributed by atoms with E-state index in [0.717, 1.165) is 11.4 Å². The molecule has 0 aliphatic heterocycles. The Balaban J connectivity index is 2.33. The molecule has 8 heteroatoms. The summed E-state index contributed by atoms with van der Waals surface area (Å²) in [6, 6.07) is 4.34. The van der Waals surface area contributed by atoms with E-state index in [1.807, 2.05) is 12.3 Å². The second-order valence-corrected chi connectivity index (χ2v) is 6.76. The SMILES string of the molecule is CCC(Nc1cc(S(N)(=O)=O)ccc1N)c1nccs1. The zero-order chi connectivity index (χ0) is 14.8. The van der Waals surface area contributed by atoms with E-state index < -0.39 is 10.0 Å². The number of hydrogen-bond donors (Lipinski definition) is 3. The molecular formula is C12H16N4O2S2. The van der Waals surface area contributed by atoms with Crippen LogP contribution in [0.4, 0.5) is 11.4 Å². The van der Waals surface area contributed by atoms with Gasteiger partial charge in [-0.05, 0) is 24.6 Å². The number of nitrogens with two attached hydrogens (primary N) is 2. The zero-order valence-corrected chi connectivity index (χ0v) is 12.5.